The zero-order valence-corrected chi connectivity index (χ0v) is 19.0. The Morgan fingerprint density at radius 2 is 1.97 bits per heavy atom. The molecule has 0 saturated carbocycles. The Kier molecular flexibility index (Phi) is 9.47. The molecule has 1 unspecified atom stereocenters. The molecule has 0 bridgehead atoms. The molecule has 1 atom stereocenters. The molecule has 2 aromatic rings. The summed E-state index contributed by atoms with van der Waals surface area (Å²) >= 11 is 0. The first kappa shape index (κ1) is 23.5. The highest BCUT2D eigenvalue weighted by atomic mass is 16.5. The standard InChI is InChI=1S/C22H35N5O3/c1-7-23-22(24-14-16(2)30-20-10-8-9-19(13-20)29-6)25-15-21-17(3)26-27(18(21)4)11-12-28-5/h8-10,13,16H,7,11-12,14-15H2,1-6H3,(H2,23,24,25). The lowest BCUT2D eigenvalue weighted by molar-refractivity contribution is 0.182. The molecule has 2 rings (SSSR count). The van der Waals surface area contributed by atoms with Crippen LogP contribution in [0.1, 0.15) is 30.8 Å². The lowest BCUT2D eigenvalue weighted by atomic mass is 10.2. The number of aromatic nitrogens is 2. The topological polar surface area (TPSA) is 81.9 Å². The van der Waals surface area contributed by atoms with E-state index in [0.717, 1.165) is 47.5 Å². The molecule has 0 radical (unpaired) electrons. The van der Waals surface area contributed by atoms with E-state index in [1.165, 1.54) is 0 Å². The maximum Gasteiger partial charge on any atom is 0.191 e. The third-order valence-electron chi connectivity index (χ3n) is 4.71. The second-order valence-electron chi connectivity index (χ2n) is 7.05. The largest absolute Gasteiger partial charge is 0.497 e. The highest BCUT2D eigenvalue weighted by molar-refractivity contribution is 5.79. The fourth-order valence-electron chi connectivity index (χ4n) is 3.05. The molecule has 0 aliphatic carbocycles. The quantitative estimate of drug-likeness (QED) is 0.432. The Labute approximate surface area is 179 Å². The summed E-state index contributed by atoms with van der Waals surface area (Å²) in [6, 6.07) is 7.61. The summed E-state index contributed by atoms with van der Waals surface area (Å²) in [5.74, 6) is 2.31. The third kappa shape index (κ3) is 6.95. The van der Waals surface area contributed by atoms with Gasteiger partial charge in [-0.15, -0.1) is 0 Å². The fraction of sp³-hybridized carbons (Fsp3) is 0.545. The number of ether oxygens (including phenoxy) is 3. The number of benzene rings is 1. The minimum absolute atomic E-state index is 0.0405. The van der Waals surface area contributed by atoms with E-state index in [0.29, 0.717) is 19.7 Å². The molecule has 166 valence electrons. The van der Waals surface area contributed by atoms with Crippen LogP contribution in [0.15, 0.2) is 29.3 Å². The number of rotatable bonds is 11. The van der Waals surface area contributed by atoms with Crippen LogP contribution in [0.4, 0.5) is 0 Å². The normalized spacial score (nSPS) is 12.5. The first-order valence-corrected chi connectivity index (χ1v) is 10.3. The number of nitrogens with zero attached hydrogens (tertiary/aromatic N) is 3. The number of methoxy groups -OCH3 is 2. The molecule has 30 heavy (non-hydrogen) atoms. The van der Waals surface area contributed by atoms with Crippen LogP contribution in [0.5, 0.6) is 11.5 Å². The van der Waals surface area contributed by atoms with Crippen LogP contribution >= 0.6 is 0 Å². The average molecular weight is 418 g/mol. The van der Waals surface area contributed by atoms with E-state index < -0.39 is 0 Å². The molecule has 0 saturated heterocycles. The molecular weight excluding hydrogens is 382 g/mol. The van der Waals surface area contributed by atoms with Gasteiger partial charge in [-0.3, -0.25) is 4.68 Å². The van der Waals surface area contributed by atoms with E-state index in [1.54, 1.807) is 14.2 Å². The summed E-state index contributed by atoms with van der Waals surface area (Å²) in [5.41, 5.74) is 3.26. The first-order chi connectivity index (χ1) is 14.5. The predicted molar refractivity (Wildman–Crippen MR) is 119 cm³/mol. The summed E-state index contributed by atoms with van der Waals surface area (Å²) in [4.78, 5) is 4.74. The van der Waals surface area contributed by atoms with Gasteiger partial charge in [-0.05, 0) is 39.8 Å². The number of hydrogen-bond donors (Lipinski definition) is 2. The Morgan fingerprint density at radius 1 is 1.20 bits per heavy atom. The lowest BCUT2D eigenvalue weighted by Crippen LogP contribution is -2.41. The molecular formula is C22H35N5O3. The Bertz CT molecular complexity index is 819. The van der Waals surface area contributed by atoms with Crippen LogP contribution in [0.2, 0.25) is 0 Å². The van der Waals surface area contributed by atoms with Gasteiger partial charge in [-0.25, -0.2) is 4.99 Å². The molecule has 1 aromatic carbocycles. The predicted octanol–water partition coefficient (Wildman–Crippen LogP) is 2.68. The minimum Gasteiger partial charge on any atom is -0.497 e. The maximum absolute atomic E-state index is 5.98. The number of nitrogens with one attached hydrogen (secondary N) is 2. The molecule has 8 heteroatoms. The molecule has 2 N–H and O–H groups in total. The molecule has 0 fully saturated rings. The Balaban J connectivity index is 1.96. The second kappa shape index (κ2) is 12.1. The molecule has 1 heterocycles. The minimum atomic E-state index is -0.0405. The van der Waals surface area contributed by atoms with E-state index in [4.69, 9.17) is 19.2 Å². The summed E-state index contributed by atoms with van der Waals surface area (Å²) in [7, 11) is 3.35. The summed E-state index contributed by atoms with van der Waals surface area (Å²) in [6.07, 6.45) is -0.0405. The number of guanidine groups is 1. The maximum atomic E-state index is 5.98. The van der Waals surface area contributed by atoms with Crippen LogP contribution in [-0.4, -0.2) is 55.8 Å². The molecule has 0 aliphatic rings. The number of aryl methyl sites for hydroxylation is 1. The van der Waals surface area contributed by atoms with Gasteiger partial charge in [0.15, 0.2) is 5.96 Å². The highest BCUT2D eigenvalue weighted by Gasteiger charge is 2.12. The van der Waals surface area contributed by atoms with Crippen molar-refractivity contribution in [2.45, 2.75) is 46.9 Å². The van der Waals surface area contributed by atoms with Crippen molar-refractivity contribution >= 4 is 5.96 Å². The SMILES string of the molecule is CCNC(=NCc1c(C)nn(CCOC)c1C)NCC(C)Oc1cccc(OC)c1. The van der Waals surface area contributed by atoms with Gasteiger partial charge in [0.05, 0.1) is 39.0 Å². The van der Waals surface area contributed by atoms with E-state index in [2.05, 4.69) is 22.7 Å². The van der Waals surface area contributed by atoms with Gasteiger partial charge in [-0.1, -0.05) is 6.07 Å². The van der Waals surface area contributed by atoms with Crippen LogP contribution < -0.4 is 20.1 Å². The molecule has 0 spiro atoms. The van der Waals surface area contributed by atoms with Crippen molar-refractivity contribution in [3.05, 3.63) is 41.2 Å². The molecule has 0 amide bonds. The van der Waals surface area contributed by atoms with E-state index in [9.17, 15) is 0 Å². The van der Waals surface area contributed by atoms with Crippen molar-refractivity contribution in [3.8, 4) is 11.5 Å². The van der Waals surface area contributed by atoms with Crippen molar-refractivity contribution in [1.82, 2.24) is 20.4 Å². The van der Waals surface area contributed by atoms with Crippen molar-refractivity contribution in [2.24, 2.45) is 4.99 Å². The first-order valence-electron chi connectivity index (χ1n) is 10.3. The summed E-state index contributed by atoms with van der Waals surface area (Å²) < 4.78 is 18.4. The Hall–Kier alpha value is -2.74. The van der Waals surface area contributed by atoms with Gasteiger partial charge in [-0.2, -0.15) is 5.10 Å². The lowest BCUT2D eigenvalue weighted by Gasteiger charge is -2.18. The van der Waals surface area contributed by atoms with Crippen LogP contribution in [-0.2, 0) is 17.8 Å². The zero-order valence-electron chi connectivity index (χ0n) is 19.0. The summed E-state index contributed by atoms with van der Waals surface area (Å²) in [5, 5.41) is 11.2. The van der Waals surface area contributed by atoms with Gasteiger partial charge in [0, 0.05) is 31.0 Å². The fourth-order valence-corrected chi connectivity index (χ4v) is 3.05. The highest BCUT2D eigenvalue weighted by Crippen LogP contribution is 2.19. The average Bonchev–Trinajstić information content (AvgIpc) is 3.01. The van der Waals surface area contributed by atoms with E-state index in [-0.39, 0.29) is 6.10 Å². The van der Waals surface area contributed by atoms with Gasteiger partial charge in [0.1, 0.15) is 17.6 Å². The van der Waals surface area contributed by atoms with Gasteiger partial charge in [0.2, 0.25) is 0 Å². The van der Waals surface area contributed by atoms with Crippen molar-refractivity contribution < 1.29 is 14.2 Å². The van der Waals surface area contributed by atoms with Crippen LogP contribution in [0.25, 0.3) is 0 Å². The van der Waals surface area contributed by atoms with E-state index >= 15 is 0 Å². The third-order valence-corrected chi connectivity index (χ3v) is 4.71. The molecule has 8 nitrogen and oxygen atoms in total. The Morgan fingerprint density at radius 3 is 2.67 bits per heavy atom. The monoisotopic (exact) mass is 417 g/mol. The summed E-state index contributed by atoms with van der Waals surface area (Å²) in [6.45, 7) is 11.5. The van der Waals surface area contributed by atoms with E-state index in [1.807, 2.05) is 49.7 Å². The van der Waals surface area contributed by atoms with Crippen molar-refractivity contribution in [3.63, 3.8) is 0 Å². The second-order valence-corrected chi connectivity index (χ2v) is 7.05. The van der Waals surface area contributed by atoms with Gasteiger partial charge >= 0.3 is 0 Å². The zero-order chi connectivity index (χ0) is 21.9. The van der Waals surface area contributed by atoms with Crippen molar-refractivity contribution in [1.29, 1.82) is 0 Å². The molecule has 0 aliphatic heterocycles. The van der Waals surface area contributed by atoms with Gasteiger partial charge in [0.25, 0.3) is 0 Å². The number of hydrogen-bond acceptors (Lipinski definition) is 5. The molecule has 1 aromatic heterocycles. The van der Waals surface area contributed by atoms with Crippen LogP contribution in [0, 0.1) is 13.8 Å². The number of aliphatic imine (C=N–C) groups is 1. The van der Waals surface area contributed by atoms with Crippen molar-refractivity contribution in [2.75, 3.05) is 33.9 Å². The van der Waals surface area contributed by atoms with Gasteiger partial charge < -0.3 is 24.8 Å². The smallest absolute Gasteiger partial charge is 0.191 e. The van der Waals surface area contributed by atoms with Crippen LogP contribution in [0.3, 0.4) is 0 Å².